The Balaban J connectivity index is 2.31. The van der Waals surface area contributed by atoms with E-state index in [1.54, 1.807) is 18.2 Å². The van der Waals surface area contributed by atoms with Gasteiger partial charge in [-0.3, -0.25) is 0 Å². The van der Waals surface area contributed by atoms with Crippen LogP contribution in [0.5, 0.6) is 5.75 Å². The summed E-state index contributed by atoms with van der Waals surface area (Å²) in [7, 11) is 0. The van der Waals surface area contributed by atoms with Gasteiger partial charge >= 0.3 is 0 Å². The molecule has 0 atom stereocenters. The van der Waals surface area contributed by atoms with Crippen LogP contribution in [0, 0.1) is 17.6 Å². The maximum absolute atomic E-state index is 13.5. The SMILES string of the molecule is CC(C)COc1cccc(-c2cc(F)c(N)c(F)c2)c1. The fourth-order valence-electron chi connectivity index (χ4n) is 1.78. The Morgan fingerprint density at radius 3 is 2.30 bits per heavy atom. The first-order valence-corrected chi connectivity index (χ1v) is 6.45. The van der Waals surface area contributed by atoms with E-state index in [0.29, 0.717) is 29.4 Å². The molecule has 0 saturated heterocycles. The molecule has 4 heteroatoms. The van der Waals surface area contributed by atoms with E-state index in [0.717, 1.165) is 0 Å². The summed E-state index contributed by atoms with van der Waals surface area (Å²) in [6.07, 6.45) is 0. The highest BCUT2D eigenvalue weighted by molar-refractivity contribution is 5.67. The van der Waals surface area contributed by atoms with Gasteiger partial charge in [-0.2, -0.15) is 0 Å². The van der Waals surface area contributed by atoms with Crippen LogP contribution in [0.1, 0.15) is 13.8 Å². The van der Waals surface area contributed by atoms with Crippen molar-refractivity contribution in [2.45, 2.75) is 13.8 Å². The Morgan fingerprint density at radius 2 is 1.70 bits per heavy atom. The molecule has 0 saturated carbocycles. The molecule has 0 heterocycles. The Labute approximate surface area is 117 Å². The van der Waals surface area contributed by atoms with E-state index in [4.69, 9.17) is 10.5 Å². The highest BCUT2D eigenvalue weighted by Crippen LogP contribution is 2.28. The van der Waals surface area contributed by atoms with E-state index in [9.17, 15) is 8.78 Å². The van der Waals surface area contributed by atoms with Crippen molar-refractivity contribution in [2.75, 3.05) is 12.3 Å². The normalized spacial score (nSPS) is 10.8. The second-order valence-corrected chi connectivity index (χ2v) is 5.09. The first-order valence-electron chi connectivity index (χ1n) is 6.45. The van der Waals surface area contributed by atoms with Gasteiger partial charge in [0.1, 0.15) is 23.1 Å². The van der Waals surface area contributed by atoms with Crippen LogP contribution >= 0.6 is 0 Å². The minimum absolute atomic E-state index is 0.407. The maximum atomic E-state index is 13.5. The molecule has 0 aliphatic rings. The molecule has 0 amide bonds. The molecule has 0 aliphatic carbocycles. The Bertz CT molecular complexity index is 588. The van der Waals surface area contributed by atoms with Gasteiger partial charge in [0.05, 0.1) is 6.61 Å². The Kier molecular flexibility index (Phi) is 4.23. The van der Waals surface area contributed by atoms with E-state index in [1.807, 2.05) is 6.07 Å². The molecule has 2 nitrogen and oxygen atoms in total. The van der Waals surface area contributed by atoms with E-state index in [-0.39, 0.29) is 0 Å². The van der Waals surface area contributed by atoms with Crippen LogP contribution < -0.4 is 10.5 Å². The van der Waals surface area contributed by atoms with Crippen molar-refractivity contribution in [1.82, 2.24) is 0 Å². The van der Waals surface area contributed by atoms with E-state index in [2.05, 4.69) is 13.8 Å². The van der Waals surface area contributed by atoms with Crippen molar-refractivity contribution in [3.8, 4) is 16.9 Å². The number of hydrogen-bond acceptors (Lipinski definition) is 2. The van der Waals surface area contributed by atoms with Crippen molar-refractivity contribution >= 4 is 5.69 Å². The molecule has 106 valence electrons. The number of nitrogen functional groups attached to an aromatic ring is 1. The summed E-state index contributed by atoms with van der Waals surface area (Å²) in [4.78, 5) is 0. The highest BCUT2D eigenvalue weighted by atomic mass is 19.1. The third-order valence-electron chi connectivity index (χ3n) is 2.83. The van der Waals surface area contributed by atoms with Crippen LogP contribution in [-0.4, -0.2) is 6.61 Å². The molecular weight excluding hydrogens is 260 g/mol. The molecule has 2 rings (SSSR count). The highest BCUT2D eigenvalue weighted by Gasteiger charge is 2.09. The number of nitrogens with two attached hydrogens (primary N) is 1. The van der Waals surface area contributed by atoms with E-state index >= 15 is 0 Å². The van der Waals surface area contributed by atoms with Gasteiger partial charge in [0.25, 0.3) is 0 Å². The first-order chi connectivity index (χ1) is 9.47. The average Bonchev–Trinajstić information content (AvgIpc) is 2.42. The van der Waals surface area contributed by atoms with Gasteiger partial charge in [-0.15, -0.1) is 0 Å². The molecular formula is C16H17F2NO. The van der Waals surface area contributed by atoms with Gasteiger partial charge in [-0.05, 0) is 41.3 Å². The molecule has 0 aliphatic heterocycles. The van der Waals surface area contributed by atoms with Crippen LogP contribution in [-0.2, 0) is 0 Å². The van der Waals surface area contributed by atoms with Crippen LogP contribution in [0.2, 0.25) is 0 Å². The summed E-state index contributed by atoms with van der Waals surface area (Å²) in [6.45, 7) is 4.69. The summed E-state index contributed by atoms with van der Waals surface area (Å²) in [5, 5.41) is 0. The van der Waals surface area contributed by atoms with Crippen molar-refractivity contribution in [3.05, 3.63) is 48.0 Å². The summed E-state index contributed by atoms with van der Waals surface area (Å²) < 4.78 is 32.6. The summed E-state index contributed by atoms with van der Waals surface area (Å²) in [5.74, 6) is -0.430. The topological polar surface area (TPSA) is 35.2 Å². The lowest BCUT2D eigenvalue weighted by molar-refractivity contribution is 0.271. The predicted octanol–water partition coefficient (Wildman–Crippen LogP) is 4.25. The first kappa shape index (κ1) is 14.3. The zero-order valence-electron chi connectivity index (χ0n) is 11.5. The quantitative estimate of drug-likeness (QED) is 0.848. The van der Waals surface area contributed by atoms with Crippen molar-refractivity contribution < 1.29 is 13.5 Å². The molecule has 2 aromatic carbocycles. The fourth-order valence-corrected chi connectivity index (χ4v) is 1.78. The van der Waals surface area contributed by atoms with E-state index in [1.165, 1.54) is 12.1 Å². The Morgan fingerprint density at radius 1 is 1.05 bits per heavy atom. The smallest absolute Gasteiger partial charge is 0.149 e. The van der Waals surface area contributed by atoms with Gasteiger partial charge < -0.3 is 10.5 Å². The number of ether oxygens (including phenoxy) is 1. The van der Waals surface area contributed by atoms with Crippen molar-refractivity contribution in [1.29, 1.82) is 0 Å². The van der Waals surface area contributed by atoms with Gasteiger partial charge in [-0.25, -0.2) is 8.78 Å². The molecule has 0 unspecified atom stereocenters. The van der Waals surface area contributed by atoms with Gasteiger partial charge in [0, 0.05) is 0 Å². The van der Waals surface area contributed by atoms with Crippen molar-refractivity contribution in [3.63, 3.8) is 0 Å². The molecule has 0 radical (unpaired) electrons. The molecule has 20 heavy (non-hydrogen) atoms. The minimum Gasteiger partial charge on any atom is -0.493 e. The zero-order chi connectivity index (χ0) is 14.7. The van der Waals surface area contributed by atoms with Crippen LogP contribution in [0.25, 0.3) is 11.1 Å². The number of anilines is 1. The second-order valence-electron chi connectivity index (χ2n) is 5.09. The number of benzene rings is 2. The third-order valence-corrected chi connectivity index (χ3v) is 2.83. The second kappa shape index (κ2) is 5.90. The van der Waals surface area contributed by atoms with Gasteiger partial charge in [0.2, 0.25) is 0 Å². The summed E-state index contributed by atoms with van der Waals surface area (Å²) in [6, 6.07) is 9.58. The van der Waals surface area contributed by atoms with E-state index < -0.39 is 17.3 Å². The number of rotatable bonds is 4. The zero-order valence-corrected chi connectivity index (χ0v) is 11.5. The Hall–Kier alpha value is -2.10. The number of hydrogen-bond donors (Lipinski definition) is 1. The minimum atomic E-state index is -0.756. The molecule has 0 aromatic heterocycles. The fraction of sp³-hybridized carbons (Fsp3) is 0.250. The molecule has 2 N–H and O–H groups in total. The van der Waals surface area contributed by atoms with Crippen LogP contribution in [0.15, 0.2) is 36.4 Å². The van der Waals surface area contributed by atoms with Crippen LogP contribution in [0.3, 0.4) is 0 Å². The molecule has 0 spiro atoms. The average molecular weight is 277 g/mol. The lowest BCUT2D eigenvalue weighted by Crippen LogP contribution is -2.04. The summed E-state index contributed by atoms with van der Waals surface area (Å²) >= 11 is 0. The third kappa shape index (κ3) is 3.26. The molecule has 2 aromatic rings. The standard InChI is InChI=1S/C16H17F2NO/c1-10(2)9-20-13-5-3-4-11(6-13)12-7-14(17)16(19)15(18)8-12/h3-8,10H,9,19H2,1-2H3. The largest absolute Gasteiger partial charge is 0.493 e. The number of halogens is 2. The predicted molar refractivity (Wildman–Crippen MR) is 76.5 cm³/mol. The monoisotopic (exact) mass is 277 g/mol. The van der Waals surface area contributed by atoms with Gasteiger partial charge in [-0.1, -0.05) is 26.0 Å². The van der Waals surface area contributed by atoms with Gasteiger partial charge in [0.15, 0.2) is 0 Å². The van der Waals surface area contributed by atoms with Crippen molar-refractivity contribution in [2.24, 2.45) is 5.92 Å². The summed E-state index contributed by atoms with van der Waals surface area (Å²) in [5.41, 5.74) is 5.93. The molecule has 0 bridgehead atoms. The lowest BCUT2D eigenvalue weighted by atomic mass is 10.0. The van der Waals surface area contributed by atoms with Crippen LogP contribution in [0.4, 0.5) is 14.5 Å². The maximum Gasteiger partial charge on any atom is 0.149 e. The lowest BCUT2D eigenvalue weighted by Gasteiger charge is -2.10. The molecule has 0 fully saturated rings.